The van der Waals surface area contributed by atoms with E-state index in [-0.39, 0.29) is 22.6 Å². The lowest BCUT2D eigenvalue weighted by Crippen LogP contribution is -2.42. The first kappa shape index (κ1) is 21.3. The Labute approximate surface area is 184 Å². The van der Waals surface area contributed by atoms with Crippen molar-refractivity contribution in [3.05, 3.63) is 82.2 Å². The molecular weight excluding hydrogens is 410 g/mol. The second-order valence-electron chi connectivity index (χ2n) is 7.66. The van der Waals surface area contributed by atoms with Gasteiger partial charge in [0.05, 0.1) is 11.6 Å². The zero-order valence-electron chi connectivity index (χ0n) is 17.7. The van der Waals surface area contributed by atoms with Crippen molar-refractivity contribution in [3.8, 4) is 11.3 Å². The molecule has 1 atom stereocenters. The van der Waals surface area contributed by atoms with Crippen LogP contribution in [-0.2, 0) is 4.79 Å². The number of rotatable bonds is 7. The highest BCUT2D eigenvalue weighted by Crippen LogP contribution is 2.38. The minimum Gasteiger partial charge on any atom is -0.503 e. The first-order valence-electron chi connectivity index (χ1n) is 10.5. The lowest BCUT2D eigenvalue weighted by molar-refractivity contribution is -0.117. The Bertz CT molecular complexity index is 1200. The molecule has 0 saturated heterocycles. The smallest absolute Gasteiger partial charge is 0.294 e. The topological polar surface area (TPSA) is 116 Å². The predicted molar refractivity (Wildman–Crippen MR) is 118 cm³/mol. The molecule has 0 radical (unpaired) electrons. The molecule has 0 fully saturated rings. The van der Waals surface area contributed by atoms with Gasteiger partial charge in [0.2, 0.25) is 5.56 Å². The van der Waals surface area contributed by atoms with Crippen molar-refractivity contribution >= 4 is 17.4 Å². The average Bonchev–Trinajstić information content (AvgIpc) is 3.43. The molecule has 3 aromatic rings. The number of aliphatic hydroxyl groups is 1. The molecule has 8 heteroatoms. The van der Waals surface area contributed by atoms with Gasteiger partial charge in [-0.1, -0.05) is 44.0 Å². The minimum absolute atomic E-state index is 0.0522. The fourth-order valence-corrected chi connectivity index (χ4v) is 4.19. The van der Waals surface area contributed by atoms with E-state index >= 15 is 0 Å². The zero-order valence-corrected chi connectivity index (χ0v) is 17.7. The summed E-state index contributed by atoms with van der Waals surface area (Å²) in [5.41, 5.74) is 1.96. The molecule has 2 aromatic heterocycles. The normalized spacial score (nSPS) is 16.3. The number of Topliss-reactive ketones (excluding diaryl/α,β-unsaturated/α-hetero) is 1. The predicted octanol–water partition coefficient (Wildman–Crippen LogP) is 3.88. The molecule has 1 aliphatic rings. The number of benzene rings is 1. The van der Waals surface area contributed by atoms with Crippen molar-refractivity contribution in [2.24, 2.45) is 5.92 Å². The Hall–Kier alpha value is -3.94. The Morgan fingerprint density at radius 3 is 2.41 bits per heavy atom. The van der Waals surface area contributed by atoms with Gasteiger partial charge in [-0.25, -0.2) is 0 Å². The van der Waals surface area contributed by atoms with Crippen LogP contribution in [0.5, 0.6) is 0 Å². The van der Waals surface area contributed by atoms with E-state index in [9.17, 15) is 19.5 Å². The van der Waals surface area contributed by atoms with Crippen molar-refractivity contribution in [2.75, 3.05) is 4.90 Å². The number of amides is 1. The lowest BCUT2D eigenvalue weighted by Gasteiger charge is -2.32. The molecule has 1 amide bonds. The van der Waals surface area contributed by atoms with Crippen LogP contribution in [0.1, 0.15) is 37.0 Å². The van der Waals surface area contributed by atoms with Gasteiger partial charge in [0.1, 0.15) is 12.0 Å². The summed E-state index contributed by atoms with van der Waals surface area (Å²) in [6.45, 7) is 3.98. The molecule has 4 rings (SSSR count). The molecule has 0 bridgehead atoms. The third-order valence-corrected chi connectivity index (χ3v) is 5.92. The van der Waals surface area contributed by atoms with Crippen LogP contribution in [0.4, 0.5) is 5.69 Å². The number of carbonyl (C=O) groups is 2. The van der Waals surface area contributed by atoms with Crippen LogP contribution < -0.4 is 10.5 Å². The van der Waals surface area contributed by atoms with E-state index in [1.165, 1.54) is 29.5 Å². The van der Waals surface area contributed by atoms with Crippen molar-refractivity contribution in [1.29, 1.82) is 0 Å². The summed E-state index contributed by atoms with van der Waals surface area (Å²) < 4.78 is 4.88. The van der Waals surface area contributed by atoms with Gasteiger partial charge in [0, 0.05) is 35.1 Å². The minimum atomic E-state index is -0.630. The van der Waals surface area contributed by atoms with Crippen molar-refractivity contribution < 1.29 is 19.2 Å². The Balaban J connectivity index is 1.76. The number of aromatic nitrogens is 2. The van der Waals surface area contributed by atoms with Crippen LogP contribution in [0.15, 0.2) is 75.6 Å². The molecule has 1 aromatic carbocycles. The van der Waals surface area contributed by atoms with Gasteiger partial charge in [-0.15, -0.1) is 0 Å². The highest BCUT2D eigenvalue weighted by Gasteiger charge is 2.46. The van der Waals surface area contributed by atoms with E-state index in [1.807, 2.05) is 26.0 Å². The van der Waals surface area contributed by atoms with Crippen LogP contribution in [0.3, 0.4) is 0 Å². The number of hydrogen-bond acceptors (Lipinski definition) is 6. The molecule has 1 unspecified atom stereocenters. The summed E-state index contributed by atoms with van der Waals surface area (Å²) in [5, 5.41) is 14.7. The van der Waals surface area contributed by atoms with Gasteiger partial charge >= 0.3 is 0 Å². The number of pyridine rings is 1. The largest absolute Gasteiger partial charge is 0.503 e. The summed E-state index contributed by atoms with van der Waals surface area (Å²) in [5.74, 6) is -1.71. The maximum absolute atomic E-state index is 13.3. The second kappa shape index (κ2) is 8.66. The van der Waals surface area contributed by atoms with Crippen LogP contribution >= 0.6 is 0 Å². The number of nitrogens with zero attached hydrogens (tertiary/aromatic N) is 2. The first-order chi connectivity index (χ1) is 15.5. The van der Waals surface area contributed by atoms with E-state index in [4.69, 9.17) is 4.52 Å². The van der Waals surface area contributed by atoms with Gasteiger partial charge in [-0.2, -0.15) is 0 Å². The first-order valence-corrected chi connectivity index (χ1v) is 10.5. The molecule has 0 spiro atoms. The lowest BCUT2D eigenvalue weighted by atomic mass is 9.85. The van der Waals surface area contributed by atoms with E-state index < -0.39 is 23.5 Å². The van der Waals surface area contributed by atoms with Crippen LogP contribution in [-0.4, -0.2) is 33.0 Å². The molecule has 2 N–H and O–H groups in total. The molecular formula is C24H23N3O5. The van der Waals surface area contributed by atoms with Crippen molar-refractivity contribution in [3.63, 3.8) is 0 Å². The van der Waals surface area contributed by atoms with Crippen LogP contribution in [0.25, 0.3) is 11.3 Å². The van der Waals surface area contributed by atoms with Gasteiger partial charge in [0.15, 0.2) is 11.5 Å². The van der Waals surface area contributed by atoms with Gasteiger partial charge in [-0.3, -0.25) is 19.3 Å². The van der Waals surface area contributed by atoms with Gasteiger partial charge < -0.3 is 14.6 Å². The summed E-state index contributed by atoms with van der Waals surface area (Å²) in [6, 6.07) is 10.9. The monoisotopic (exact) mass is 433 g/mol. The number of aromatic amines is 1. The highest BCUT2D eigenvalue weighted by molar-refractivity contribution is 6.20. The quantitative estimate of drug-likeness (QED) is 0.546. The number of ketones is 1. The SMILES string of the molecule is CCC(CC)C1C(C(=O)c2ccc(=O)[nH]c2)=C(O)C(=O)N1c1ccc(-c2ccon2)cc1. The number of carbonyl (C=O) groups excluding carboxylic acids is 2. The standard InChI is InChI=1S/C24H23N3O5/c1-3-14(4-2)21-20(22(29)16-7-10-19(28)25-13-16)23(30)24(31)27(21)17-8-5-15(6-9-17)18-11-12-32-26-18/h5-14,21,30H,3-4H2,1-2H3,(H,25,28). The van der Waals surface area contributed by atoms with Crippen LogP contribution in [0, 0.1) is 5.92 Å². The van der Waals surface area contributed by atoms with Crippen molar-refractivity contribution in [2.45, 2.75) is 32.7 Å². The summed E-state index contributed by atoms with van der Waals surface area (Å²) in [7, 11) is 0. The molecule has 8 nitrogen and oxygen atoms in total. The maximum Gasteiger partial charge on any atom is 0.294 e. The van der Waals surface area contributed by atoms with Gasteiger partial charge in [0.25, 0.3) is 5.91 Å². The molecule has 1 aliphatic heterocycles. The number of hydrogen-bond donors (Lipinski definition) is 2. The van der Waals surface area contributed by atoms with Crippen LogP contribution in [0.2, 0.25) is 0 Å². The second-order valence-corrected chi connectivity index (χ2v) is 7.66. The molecule has 32 heavy (non-hydrogen) atoms. The van der Waals surface area contributed by atoms with E-state index in [2.05, 4.69) is 10.1 Å². The number of H-pyrrole nitrogens is 1. The molecule has 164 valence electrons. The fourth-order valence-electron chi connectivity index (χ4n) is 4.19. The maximum atomic E-state index is 13.3. The Morgan fingerprint density at radius 1 is 1.12 bits per heavy atom. The Kier molecular flexibility index (Phi) is 5.77. The summed E-state index contributed by atoms with van der Waals surface area (Å²) >= 11 is 0. The highest BCUT2D eigenvalue weighted by atomic mass is 16.5. The fraction of sp³-hybridized carbons (Fsp3) is 0.250. The molecule has 3 heterocycles. The van der Waals surface area contributed by atoms with E-state index in [0.717, 1.165) is 5.56 Å². The average molecular weight is 433 g/mol. The molecule has 0 saturated carbocycles. The van der Waals surface area contributed by atoms with Crippen molar-refractivity contribution in [1.82, 2.24) is 10.1 Å². The van der Waals surface area contributed by atoms with E-state index in [0.29, 0.717) is 24.2 Å². The third kappa shape index (κ3) is 3.64. The third-order valence-electron chi connectivity index (χ3n) is 5.92. The molecule has 0 aliphatic carbocycles. The zero-order chi connectivity index (χ0) is 22.8. The summed E-state index contributed by atoms with van der Waals surface area (Å²) in [4.78, 5) is 41.8. The Morgan fingerprint density at radius 2 is 1.84 bits per heavy atom. The summed E-state index contributed by atoms with van der Waals surface area (Å²) in [6.07, 6.45) is 4.19. The number of aliphatic hydroxyl groups excluding tert-OH is 1. The number of anilines is 1. The number of nitrogens with one attached hydrogen (secondary N) is 1. The van der Waals surface area contributed by atoms with Gasteiger partial charge in [-0.05, 0) is 24.1 Å². The van der Waals surface area contributed by atoms with E-state index in [1.54, 1.807) is 18.2 Å².